The van der Waals surface area contributed by atoms with Crippen molar-refractivity contribution in [3.63, 3.8) is 0 Å². The van der Waals surface area contributed by atoms with Gasteiger partial charge in [0.2, 0.25) is 0 Å². The maximum absolute atomic E-state index is 11.8. The minimum atomic E-state index is 0.417. The lowest BCUT2D eigenvalue weighted by molar-refractivity contribution is -0.125. The maximum Gasteiger partial charge on any atom is 0.135 e. The highest BCUT2D eigenvalue weighted by molar-refractivity contribution is 5.81. The van der Waals surface area contributed by atoms with E-state index >= 15 is 0 Å². The van der Waals surface area contributed by atoms with Crippen LogP contribution in [-0.4, -0.2) is 5.78 Å². The Bertz CT molecular complexity index is 198. The van der Waals surface area contributed by atoms with Gasteiger partial charge in [0.1, 0.15) is 5.78 Å². The van der Waals surface area contributed by atoms with Crippen LogP contribution in [0.2, 0.25) is 0 Å². The fourth-order valence-electron chi connectivity index (χ4n) is 2.85. The van der Waals surface area contributed by atoms with Crippen LogP contribution in [0, 0.1) is 11.8 Å². The fourth-order valence-corrected chi connectivity index (χ4v) is 2.85. The Morgan fingerprint density at radius 2 is 1.88 bits per heavy atom. The van der Waals surface area contributed by atoms with E-state index in [0.29, 0.717) is 11.7 Å². The Labute approximate surface area is 101 Å². The molecule has 0 aliphatic heterocycles. The topological polar surface area (TPSA) is 17.1 Å². The third-order valence-corrected chi connectivity index (χ3v) is 4.11. The monoisotopic (exact) mass is 224 g/mol. The Balaban J connectivity index is 2.16. The van der Waals surface area contributed by atoms with Crippen LogP contribution in [0.4, 0.5) is 0 Å². The van der Waals surface area contributed by atoms with Crippen LogP contribution in [0.25, 0.3) is 0 Å². The van der Waals surface area contributed by atoms with Crippen molar-refractivity contribution in [2.45, 2.75) is 78.1 Å². The molecular weight excluding hydrogens is 196 g/mol. The average molecular weight is 224 g/mol. The third kappa shape index (κ3) is 4.67. The molecule has 0 spiro atoms. The lowest BCUT2D eigenvalue weighted by atomic mass is 9.77. The van der Waals surface area contributed by atoms with Gasteiger partial charge >= 0.3 is 0 Å². The number of carbonyl (C=O) groups excluding carboxylic acids is 1. The van der Waals surface area contributed by atoms with E-state index in [4.69, 9.17) is 0 Å². The van der Waals surface area contributed by atoms with Crippen LogP contribution in [0.3, 0.4) is 0 Å². The second-order valence-electron chi connectivity index (χ2n) is 5.41. The molecule has 1 saturated carbocycles. The SMILES string of the molecule is CCCCCCCC1CC(CC)CCC1=O. The Kier molecular flexibility index (Phi) is 6.75. The summed E-state index contributed by atoms with van der Waals surface area (Å²) in [6, 6.07) is 0. The van der Waals surface area contributed by atoms with Crippen molar-refractivity contribution >= 4 is 5.78 Å². The number of unbranched alkanes of at least 4 members (excludes halogenated alkanes) is 4. The summed E-state index contributed by atoms with van der Waals surface area (Å²) in [7, 11) is 0. The first kappa shape index (κ1) is 13.7. The predicted molar refractivity (Wildman–Crippen MR) is 69.5 cm³/mol. The molecule has 0 bridgehead atoms. The normalized spacial score (nSPS) is 26.0. The van der Waals surface area contributed by atoms with Crippen LogP contribution in [0.1, 0.15) is 78.1 Å². The van der Waals surface area contributed by atoms with Gasteiger partial charge in [0.05, 0.1) is 0 Å². The molecule has 1 fully saturated rings. The zero-order valence-corrected chi connectivity index (χ0v) is 11.1. The number of ketones is 1. The van der Waals surface area contributed by atoms with Crippen molar-refractivity contribution in [2.24, 2.45) is 11.8 Å². The van der Waals surface area contributed by atoms with Crippen LogP contribution >= 0.6 is 0 Å². The van der Waals surface area contributed by atoms with Crippen molar-refractivity contribution in [1.29, 1.82) is 0 Å². The first-order chi connectivity index (χ1) is 7.77. The molecular formula is C15H28O. The molecule has 16 heavy (non-hydrogen) atoms. The second-order valence-corrected chi connectivity index (χ2v) is 5.41. The summed E-state index contributed by atoms with van der Waals surface area (Å²) in [5, 5.41) is 0. The summed E-state index contributed by atoms with van der Waals surface area (Å²) in [4.78, 5) is 11.8. The summed E-state index contributed by atoms with van der Waals surface area (Å²) in [6.45, 7) is 4.51. The summed E-state index contributed by atoms with van der Waals surface area (Å²) < 4.78 is 0. The molecule has 0 aromatic heterocycles. The van der Waals surface area contributed by atoms with Crippen LogP contribution < -0.4 is 0 Å². The highest BCUT2D eigenvalue weighted by atomic mass is 16.1. The van der Waals surface area contributed by atoms with E-state index in [1.807, 2.05) is 0 Å². The molecule has 1 aliphatic rings. The number of rotatable bonds is 7. The lowest BCUT2D eigenvalue weighted by Crippen LogP contribution is -2.24. The van der Waals surface area contributed by atoms with E-state index in [1.165, 1.54) is 51.4 Å². The van der Waals surface area contributed by atoms with Gasteiger partial charge in [0.25, 0.3) is 0 Å². The van der Waals surface area contributed by atoms with E-state index in [2.05, 4.69) is 13.8 Å². The van der Waals surface area contributed by atoms with Gasteiger partial charge in [-0.05, 0) is 25.2 Å². The Morgan fingerprint density at radius 3 is 2.56 bits per heavy atom. The van der Waals surface area contributed by atoms with E-state index in [-0.39, 0.29) is 0 Å². The molecule has 1 rings (SSSR count). The lowest BCUT2D eigenvalue weighted by Gasteiger charge is -2.27. The van der Waals surface area contributed by atoms with Crippen LogP contribution in [-0.2, 0) is 4.79 Å². The smallest absolute Gasteiger partial charge is 0.135 e. The van der Waals surface area contributed by atoms with E-state index < -0.39 is 0 Å². The molecule has 0 aromatic rings. The number of carbonyl (C=O) groups is 1. The molecule has 0 amide bonds. The van der Waals surface area contributed by atoms with Crippen molar-refractivity contribution in [2.75, 3.05) is 0 Å². The minimum Gasteiger partial charge on any atom is -0.299 e. The number of hydrogen-bond acceptors (Lipinski definition) is 1. The van der Waals surface area contributed by atoms with Gasteiger partial charge in [0, 0.05) is 12.3 Å². The summed E-state index contributed by atoms with van der Waals surface area (Å²) >= 11 is 0. The Morgan fingerprint density at radius 1 is 1.12 bits per heavy atom. The van der Waals surface area contributed by atoms with Crippen LogP contribution in [0.5, 0.6) is 0 Å². The predicted octanol–water partition coefficient (Wildman–Crippen LogP) is 4.74. The first-order valence-corrected chi connectivity index (χ1v) is 7.30. The molecule has 0 saturated heterocycles. The maximum atomic E-state index is 11.8. The molecule has 0 N–H and O–H groups in total. The van der Waals surface area contributed by atoms with Crippen LogP contribution in [0.15, 0.2) is 0 Å². The molecule has 0 aromatic carbocycles. The molecule has 0 heterocycles. The van der Waals surface area contributed by atoms with Crippen molar-refractivity contribution < 1.29 is 4.79 Å². The standard InChI is InChI=1S/C15H28O/c1-3-5-6-7-8-9-14-12-13(4-2)10-11-15(14)16/h13-14H,3-12H2,1-2H3. The summed E-state index contributed by atoms with van der Waals surface area (Å²) in [6.07, 6.45) is 12.2. The van der Waals surface area contributed by atoms with Gasteiger partial charge in [0.15, 0.2) is 0 Å². The second kappa shape index (κ2) is 7.86. The molecule has 2 unspecified atom stereocenters. The fraction of sp³-hybridized carbons (Fsp3) is 0.933. The zero-order chi connectivity index (χ0) is 11.8. The van der Waals surface area contributed by atoms with Gasteiger partial charge < -0.3 is 0 Å². The average Bonchev–Trinajstić information content (AvgIpc) is 2.31. The number of Topliss-reactive ketones (excluding diaryl/α,β-unsaturated/α-hetero) is 1. The first-order valence-electron chi connectivity index (χ1n) is 7.30. The number of hydrogen-bond donors (Lipinski definition) is 0. The molecule has 1 heteroatoms. The molecule has 2 atom stereocenters. The molecule has 1 aliphatic carbocycles. The van der Waals surface area contributed by atoms with Crippen molar-refractivity contribution in [1.82, 2.24) is 0 Å². The van der Waals surface area contributed by atoms with Gasteiger partial charge in [-0.3, -0.25) is 4.79 Å². The van der Waals surface area contributed by atoms with E-state index in [0.717, 1.165) is 18.8 Å². The summed E-state index contributed by atoms with van der Waals surface area (Å²) in [5.74, 6) is 1.80. The van der Waals surface area contributed by atoms with E-state index in [1.54, 1.807) is 0 Å². The minimum absolute atomic E-state index is 0.417. The molecule has 0 radical (unpaired) electrons. The highest BCUT2D eigenvalue weighted by Crippen LogP contribution is 2.31. The zero-order valence-electron chi connectivity index (χ0n) is 11.1. The van der Waals surface area contributed by atoms with Crippen molar-refractivity contribution in [3.8, 4) is 0 Å². The molecule has 94 valence electrons. The molecule has 1 nitrogen and oxygen atoms in total. The third-order valence-electron chi connectivity index (χ3n) is 4.11. The van der Waals surface area contributed by atoms with Gasteiger partial charge in [-0.2, -0.15) is 0 Å². The summed E-state index contributed by atoms with van der Waals surface area (Å²) in [5.41, 5.74) is 0. The highest BCUT2D eigenvalue weighted by Gasteiger charge is 2.26. The van der Waals surface area contributed by atoms with Gasteiger partial charge in [-0.15, -0.1) is 0 Å². The van der Waals surface area contributed by atoms with E-state index in [9.17, 15) is 4.79 Å². The van der Waals surface area contributed by atoms with Gasteiger partial charge in [-0.1, -0.05) is 52.4 Å². The quantitative estimate of drug-likeness (QED) is 0.571. The van der Waals surface area contributed by atoms with Gasteiger partial charge in [-0.25, -0.2) is 0 Å². The van der Waals surface area contributed by atoms with Crippen molar-refractivity contribution in [3.05, 3.63) is 0 Å². The Hall–Kier alpha value is -0.330. The largest absolute Gasteiger partial charge is 0.299 e.